The van der Waals surface area contributed by atoms with Crippen molar-refractivity contribution in [3.05, 3.63) is 81.2 Å². The molecular formula is C24H23N3O3S. The smallest absolute Gasteiger partial charge is 0.255 e. The number of rotatable bonds is 7. The Morgan fingerprint density at radius 2 is 2.03 bits per heavy atom. The predicted molar refractivity (Wildman–Crippen MR) is 124 cm³/mol. The first kappa shape index (κ1) is 20.8. The lowest BCUT2D eigenvalue weighted by molar-refractivity contribution is 0.0913. The Kier molecular flexibility index (Phi) is 6.16. The molecule has 6 nitrogen and oxygen atoms in total. The third-order valence-electron chi connectivity index (χ3n) is 5.14. The number of hydrogen-bond donors (Lipinski definition) is 3. The molecule has 0 aliphatic rings. The minimum absolute atomic E-state index is 0.208. The molecular weight excluding hydrogens is 410 g/mol. The Bertz CT molecular complexity index is 1230. The van der Waals surface area contributed by atoms with Gasteiger partial charge in [-0.3, -0.25) is 9.89 Å². The predicted octanol–water partition coefficient (Wildman–Crippen LogP) is 4.58. The van der Waals surface area contributed by atoms with Crippen molar-refractivity contribution < 1.29 is 14.6 Å². The molecule has 0 aliphatic heterocycles. The molecule has 158 valence electrons. The van der Waals surface area contributed by atoms with Crippen molar-refractivity contribution in [3.8, 4) is 5.75 Å². The van der Waals surface area contributed by atoms with Gasteiger partial charge in [-0.25, -0.2) is 0 Å². The monoisotopic (exact) mass is 433 g/mol. The normalized spacial score (nSPS) is 12.4. The number of aliphatic hydroxyl groups excluding tert-OH is 1. The van der Waals surface area contributed by atoms with Gasteiger partial charge in [-0.1, -0.05) is 30.3 Å². The summed E-state index contributed by atoms with van der Waals surface area (Å²) in [6.45, 7) is 1.85. The van der Waals surface area contributed by atoms with E-state index in [0.717, 1.165) is 21.3 Å². The van der Waals surface area contributed by atoms with E-state index in [2.05, 4.69) is 28.5 Å². The number of aliphatic hydroxyl groups is 1. The number of carbonyl (C=O) groups excluding carboxylic acids is 1. The summed E-state index contributed by atoms with van der Waals surface area (Å²) in [4.78, 5) is 14.2. The van der Waals surface area contributed by atoms with Crippen molar-refractivity contribution in [2.24, 2.45) is 0 Å². The molecule has 0 saturated heterocycles. The van der Waals surface area contributed by atoms with Crippen molar-refractivity contribution in [3.63, 3.8) is 0 Å². The first-order valence-electron chi connectivity index (χ1n) is 9.86. The number of fused-ring (bicyclic) bond motifs is 1. The lowest BCUT2D eigenvalue weighted by Gasteiger charge is -2.18. The van der Waals surface area contributed by atoms with Crippen molar-refractivity contribution >= 4 is 40.3 Å². The quantitative estimate of drug-likeness (QED) is 0.398. The summed E-state index contributed by atoms with van der Waals surface area (Å²) < 4.78 is 5.65. The molecule has 0 radical (unpaired) electrons. The molecule has 4 aromatic rings. The van der Waals surface area contributed by atoms with Crippen molar-refractivity contribution in [2.45, 2.75) is 13.0 Å². The van der Waals surface area contributed by atoms with Crippen LogP contribution in [-0.2, 0) is 0 Å². The SMILES string of the molecule is COc1c(C(=O)N[C@H](CO)c2ccccc2)ccc2[nH]nc(/C=C/c3sccc3C)c12. The number of carbonyl (C=O) groups is 1. The van der Waals surface area contributed by atoms with Crippen LogP contribution in [0.15, 0.2) is 53.9 Å². The van der Waals surface area contributed by atoms with Crippen LogP contribution in [0.5, 0.6) is 5.75 Å². The second-order valence-electron chi connectivity index (χ2n) is 7.10. The summed E-state index contributed by atoms with van der Waals surface area (Å²) in [6, 6.07) is 14.4. The van der Waals surface area contributed by atoms with Gasteiger partial charge >= 0.3 is 0 Å². The van der Waals surface area contributed by atoms with Crippen LogP contribution in [-0.4, -0.2) is 34.9 Å². The van der Waals surface area contributed by atoms with Gasteiger partial charge in [0.2, 0.25) is 0 Å². The molecule has 3 N–H and O–H groups in total. The summed E-state index contributed by atoms with van der Waals surface area (Å²) in [7, 11) is 1.54. The van der Waals surface area contributed by atoms with E-state index in [1.807, 2.05) is 53.9 Å². The maximum Gasteiger partial charge on any atom is 0.255 e. The molecule has 1 amide bonds. The van der Waals surface area contributed by atoms with Gasteiger partial charge in [0.05, 0.1) is 41.9 Å². The number of methoxy groups -OCH3 is 1. The van der Waals surface area contributed by atoms with Crippen LogP contribution in [0.3, 0.4) is 0 Å². The number of aryl methyl sites for hydroxylation is 1. The molecule has 2 heterocycles. The highest BCUT2D eigenvalue weighted by Gasteiger charge is 2.21. The first-order valence-corrected chi connectivity index (χ1v) is 10.7. The topological polar surface area (TPSA) is 87.2 Å². The molecule has 2 aromatic carbocycles. The molecule has 0 saturated carbocycles. The van der Waals surface area contributed by atoms with E-state index in [-0.39, 0.29) is 12.5 Å². The molecule has 4 rings (SSSR count). The number of aromatic amines is 1. The number of aromatic nitrogens is 2. The maximum absolute atomic E-state index is 13.1. The molecule has 2 aromatic heterocycles. The van der Waals surface area contributed by atoms with E-state index >= 15 is 0 Å². The van der Waals surface area contributed by atoms with Crippen LogP contribution in [0.25, 0.3) is 23.1 Å². The molecule has 0 unspecified atom stereocenters. The van der Waals surface area contributed by atoms with E-state index in [0.29, 0.717) is 17.0 Å². The van der Waals surface area contributed by atoms with Crippen LogP contribution in [0, 0.1) is 6.92 Å². The summed E-state index contributed by atoms with van der Waals surface area (Å²) in [6.07, 6.45) is 3.93. The lowest BCUT2D eigenvalue weighted by Crippen LogP contribution is -2.31. The number of benzene rings is 2. The van der Waals surface area contributed by atoms with Crippen LogP contribution >= 0.6 is 11.3 Å². The zero-order chi connectivity index (χ0) is 21.8. The van der Waals surface area contributed by atoms with Gasteiger partial charge in [-0.2, -0.15) is 5.10 Å². The highest BCUT2D eigenvalue weighted by molar-refractivity contribution is 7.11. The fraction of sp³-hybridized carbons (Fsp3) is 0.167. The van der Waals surface area contributed by atoms with Crippen molar-refractivity contribution in [2.75, 3.05) is 13.7 Å². The summed E-state index contributed by atoms with van der Waals surface area (Å²) in [5.41, 5.74) is 3.88. The van der Waals surface area contributed by atoms with Gasteiger partial charge in [-0.05, 0) is 53.8 Å². The van der Waals surface area contributed by atoms with Gasteiger partial charge in [0.15, 0.2) is 0 Å². The Morgan fingerprint density at radius 1 is 1.23 bits per heavy atom. The fourth-order valence-electron chi connectivity index (χ4n) is 3.48. The van der Waals surface area contributed by atoms with Gasteiger partial charge < -0.3 is 15.2 Å². The number of hydrogen-bond acceptors (Lipinski definition) is 5. The van der Waals surface area contributed by atoms with Gasteiger partial charge in [0, 0.05) is 4.88 Å². The summed E-state index contributed by atoms with van der Waals surface area (Å²) >= 11 is 1.66. The first-order chi connectivity index (χ1) is 15.1. The molecule has 0 fully saturated rings. The average Bonchev–Trinajstić information content (AvgIpc) is 3.41. The molecule has 0 bridgehead atoms. The van der Waals surface area contributed by atoms with Crippen LogP contribution in [0.4, 0.5) is 0 Å². The maximum atomic E-state index is 13.1. The number of H-pyrrole nitrogens is 1. The van der Waals surface area contributed by atoms with Crippen LogP contribution < -0.4 is 10.1 Å². The van der Waals surface area contributed by atoms with Gasteiger partial charge in [0.25, 0.3) is 5.91 Å². The van der Waals surface area contributed by atoms with Crippen LogP contribution in [0.2, 0.25) is 0 Å². The minimum Gasteiger partial charge on any atom is -0.495 e. The third kappa shape index (κ3) is 4.23. The minimum atomic E-state index is -0.514. The number of amides is 1. The average molecular weight is 434 g/mol. The summed E-state index contributed by atoms with van der Waals surface area (Å²) in [5, 5.41) is 22.9. The second-order valence-corrected chi connectivity index (χ2v) is 8.05. The standard InChI is InChI=1S/C24H23N3O3S/c1-15-12-13-31-21(15)11-10-19-22-18(26-27-19)9-8-17(23(22)30-2)24(29)25-20(14-28)16-6-4-3-5-7-16/h3-13,20,28H,14H2,1-2H3,(H,25,29)(H,26,27)/b11-10+/t20-/m1/s1. The van der Waals surface area contributed by atoms with Crippen molar-refractivity contribution in [1.29, 1.82) is 0 Å². The number of ether oxygens (including phenoxy) is 1. The largest absolute Gasteiger partial charge is 0.495 e. The van der Waals surface area contributed by atoms with Crippen molar-refractivity contribution in [1.82, 2.24) is 15.5 Å². The van der Waals surface area contributed by atoms with E-state index in [1.165, 1.54) is 12.7 Å². The highest BCUT2D eigenvalue weighted by Crippen LogP contribution is 2.33. The van der Waals surface area contributed by atoms with E-state index in [4.69, 9.17) is 4.74 Å². The molecule has 31 heavy (non-hydrogen) atoms. The molecule has 0 spiro atoms. The van der Waals surface area contributed by atoms with E-state index in [9.17, 15) is 9.90 Å². The van der Waals surface area contributed by atoms with E-state index in [1.54, 1.807) is 17.4 Å². The Balaban J connectivity index is 1.69. The molecule has 1 atom stereocenters. The lowest BCUT2D eigenvalue weighted by atomic mass is 10.0. The van der Waals surface area contributed by atoms with E-state index < -0.39 is 6.04 Å². The Morgan fingerprint density at radius 3 is 2.71 bits per heavy atom. The number of nitrogens with one attached hydrogen (secondary N) is 2. The Labute approximate surface area is 184 Å². The highest BCUT2D eigenvalue weighted by atomic mass is 32.1. The fourth-order valence-corrected chi connectivity index (χ4v) is 4.30. The van der Waals surface area contributed by atoms with Gasteiger partial charge in [0.1, 0.15) is 5.75 Å². The number of nitrogens with zero attached hydrogens (tertiary/aromatic N) is 1. The summed E-state index contributed by atoms with van der Waals surface area (Å²) in [5.74, 6) is 0.114. The zero-order valence-corrected chi connectivity index (χ0v) is 18.1. The molecule has 0 aliphatic carbocycles. The Hall–Kier alpha value is -3.42. The van der Waals surface area contributed by atoms with Crippen LogP contribution in [0.1, 0.15) is 38.1 Å². The third-order valence-corrected chi connectivity index (χ3v) is 6.13. The van der Waals surface area contributed by atoms with Gasteiger partial charge in [-0.15, -0.1) is 11.3 Å². The second kappa shape index (κ2) is 9.16. The number of thiophene rings is 1. The molecule has 7 heteroatoms. The zero-order valence-electron chi connectivity index (χ0n) is 17.3.